The van der Waals surface area contributed by atoms with Gasteiger partial charge in [0.05, 0.1) is 5.56 Å². The predicted octanol–water partition coefficient (Wildman–Crippen LogP) is 3.42. The normalized spacial score (nSPS) is 10.2. The standard InChI is InChI=1S/C9H8BrClO2/c1-4-5(2)8(10)6(9(12)13)3-7(4)11/h3H,1-2H3,(H,12,13). The number of hydrogen-bond acceptors (Lipinski definition) is 1. The highest BCUT2D eigenvalue weighted by Gasteiger charge is 2.14. The summed E-state index contributed by atoms with van der Waals surface area (Å²) in [5.41, 5.74) is 1.97. The molecule has 0 aliphatic rings. The second-order valence-electron chi connectivity index (χ2n) is 2.78. The van der Waals surface area contributed by atoms with E-state index in [0.717, 1.165) is 11.1 Å². The van der Waals surface area contributed by atoms with Crippen LogP contribution in [-0.4, -0.2) is 11.1 Å². The van der Waals surface area contributed by atoms with Gasteiger partial charge in [-0.25, -0.2) is 4.79 Å². The second-order valence-corrected chi connectivity index (χ2v) is 3.98. The van der Waals surface area contributed by atoms with Gasteiger partial charge in [-0.2, -0.15) is 0 Å². The first-order valence-electron chi connectivity index (χ1n) is 3.63. The van der Waals surface area contributed by atoms with Crippen molar-refractivity contribution in [3.63, 3.8) is 0 Å². The van der Waals surface area contributed by atoms with E-state index in [-0.39, 0.29) is 5.56 Å². The summed E-state index contributed by atoms with van der Waals surface area (Å²) in [4.78, 5) is 10.7. The quantitative estimate of drug-likeness (QED) is 0.843. The van der Waals surface area contributed by atoms with E-state index in [9.17, 15) is 4.79 Å². The van der Waals surface area contributed by atoms with Crippen molar-refractivity contribution < 1.29 is 9.90 Å². The minimum atomic E-state index is -0.975. The molecule has 4 heteroatoms. The Balaban J connectivity index is 3.50. The van der Waals surface area contributed by atoms with Crippen LogP contribution >= 0.6 is 27.5 Å². The molecule has 0 atom stereocenters. The van der Waals surface area contributed by atoms with Gasteiger partial charge in [-0.15, -0.1) is 0 Å². The molecule has 0 amide bonds. The third-order valence-corrected chi connectivity index (χ3v) is 3.40. The second kappa shape index (κ2) is 3.68. The molecule has 0 radical (unpaired) electrons. The molecule has 0 heterocycles. The smallest absolute Gasteiger partial charge is 0.336 e. The molecule has 0 spiro atoms. The SMILES string of the molecule is Cc1c(Cl)cc(C(=O)O)c(Br)c1C. The molecule has 0 aromatic heterocycles. The lowest BCUT2D eigenvalue weighted by molar-refractivity contribution is 0.0696. The average Bonchev–Trinajstić information content (AvgIpc) is 2.07. The summed E-state index contributed by atoms with van der Waals surface area (Å²) in [5.74, 6) is -0.975. The number of carboxylic acids is 1. The summed E-state index contributed by atoms with van der Waals surface area (Å²) in [6.07, 6.45) is 0. The van der Waals surface area contributed by atoms with Crippen molar-refractivity contribution >= 4 is 33.5 Å². The number of rotatable bonds is 1. The maximum absolute atomic E-state index is 10.7. The van der Waals surface area contributed by atoms with Crippen molar-refractivity contribution in [2.75, 3.05) is 0 Å². The van der Waals surface area contributed by atoms with Crippen molar-refractivity contribution in [3.8, 4) is 0 Å². The molecule has 0 aliphatic carbocycles. The molecule has 0 bridgehead atoms. The van der Waals surface area contributed by atoms with E-state index in [0.29, 0.717) is 9.50 Å². The molecule has 0 unspecified atom stereocenters. The van der Waals surface area contributed by atoms with Crippen LogP contribution in [0.4, 0.5) is 0 Å². The summed E-state index contributed by atoms with van der Waals surface area (Å²) < 4.78 is 0.599. The number of carboxylic acid groups (broad SMARTS) is 1. The lowest BCUT2D eigenvalue weighted by Gasteiger charge is -2.08. The van der Waals surface area contributed by atoms with Crippen LogP contribution in [0, 0.1) is 13.8 Å². The van der Waals surface area contributed by atoms with Crippen LogP contribution in [0.25, 0.3) is 0 Å². The Hall–Kier alpha value is -0.540. The minimum absolute atomic E-state index is 0.202. The zero-order chi connectivity index (χ0) is 10.2. The van der Waals surface area contributed by atoms with E-state index in [1.165, 1.54) is 6.07 Å². The fourth-order valence-corrected chi connectivity index (χ4v) is 1.83. The first kappa shape index (κ1) is 10.5. The van der Waals surface area contributed by atoms with E-state index >= 15 is 0 Å². The van der Waals surface area contributed by atoms with Crippen LogP contribution < -0.4 is 0 Å². The molecule has 0 fully saturated rings. The summed E-state index contributed by atoms with van der Waals surface area (Å²) in [5, 5.41) is 9.30. The monoisotopic (exact) mass is 262 g/mol. The fourth-order valence-electron chi connectivity index (χ4n) is 1.000. The molecule has 0 saturated carbocycles. The number of hydrogen-bond donors (Lipinski definition) is 1. The first-order chi connectivity index (χ1) is 5.95. The van der Waals surface area contributed by atoms with E-state index in [2.05, 4.69) is 15.9 Å². The molecule has 1 N–H and O–H groups in total. The van der Waals surface area contributed by atoms with Gasteiger partial charge in [0.1, 0.15) is 0 Å². The van der Waals surface area contributed by atoms with Crippen LogP contribution in [0.3, 0.4) is 0 Å². The third-order valence-electron chi connectivity index (χ3n) is 1.99. The lowest BCUT2D eigenvalue weighted by atomic mass is 10.1. The molecule has 0 saturated heterocycles. The highest BCUT2D eigenvalue weighted by Crippen LogP contribution is 2.29. The van der Waals surface area contributed by atoms with Crippen molar-refractivity contribution in [1.82, 2.24) is 0 Å². The Bertz CT molecular complexity index is 374. The number of carbonyl (C=O) groups is 1. The Morgan fingerprint density at radius 1 is 1.46 bits per heavy atom. The summed E-state index contributed by atoms with van der Waals surface area (Å²) in [7, 11) is 0. The fraction of sp³-hybridized carbons (Fsp3) is 0.222. The average molecular weight is 264 g/mol. The Labute approximate surface area is 89.7 Å². The largest absolute Gasteiger partial charge is 0.478 e. The maximum atomic E-state index is 10.7. The van der Waals surface area contributed by atoms with E-state index in [1.54, 1.807) is 0 Å². The van der Waals surface area contributed by atoms with Gasteiger partial charge in [0.2, 0.25) is 0 Å². The van der Waals surface area contributed by atoms with E-state index in [1.807, 2.05) is 13.8 Å². The Kier molecular flexibility index (Phi) is 2.98. The van der Waals surface area contributed by atoms with Gasteiger partial charge in [0, 0.05) is 9.50 Å². The predicted molar refractivity (Wildman–Crippen MR) is 55.6 cm³/mol. The van der Waals surface area contributed by atoms with Gasteiger partial charge < -0.3 is 5.11 Å². The molecular weight excluding hydrogens is 255 g/mol. The zero-order valence-electron chi connectivity index (χ0n) is 7.19. The van der Waals surface area contributed by atoms with Crippen molar-refractivity contribution in [3.05, 3.63) is 32.3 Å². The van der Waals surface area contributed by atoms with E-state index in [4.69, 9.17) is 16.7 Å². The number of aromatic carboxylic acids is 1. The van der Waals surface area contributed by atoms with Gasteiger partial charge in [-0.05, 0) is 47.0 Å². The molecule has 1 aromatic rings. The molecular formula is C9H8BrClO2. The van der Waals surface area contributed by atoms with Gasteiger partial charge in [0.15, 0.2) is 0 Å². The topological polar surface area (TPSA) is 37.3 Å². The van der Waals surface area contributed by atoms with Crippen LogP contribution in [0.15, 0.2) is 10.5 Å². The molecule has 1 rings (SSSR count). The van der Waals surface area contributed by atoms with Gasteiger partial charge in [0.25, 0.3) is 0 Å². The van der Waals surface area contributed by atoms with Crippen molar-refractivity contribution in [1.29, 1.82) is 0 Å². The summed E-state index contributed by atoms with van der Waals surface area (Å²) in [6.45, 7) is 3.69. The Morgan fingerprint density at radius 3 is 2.46 bits per heavy atom. The van der Waals surface area contributed by atoms with Crippen LogP contribution in [0.1, 0.15) is 21.5 Å². The minimum Gasteiger partial charge on any atom is -0.478 e. The lowest BCUT2D eigenvalue weighted by Crippen LogP contribution is -2.00. The number of benzene rings is 1. The molecule has 0 aliphatic heterocycles. The molecule has 2 nitrogen and oxygen atoms in total. The summed E-state index contributed by atoms with van der Waals surface area (Å²) in [6, 6.07) is 1.45. The molecule has 13 heavy (non-hydrogen) atoms. The third kappa shape index (κ3) is 1.86. The maximum Gasteiger partial charge on any atom is 0.336 e. The highest BCUT2D eigenvalue weighted by molar-refractivity contribution is 9.10. The van der Waals surface area contributed by atoms with Crippen LogP contribution in [-0.2, 0) is 0 Å². The van der Waals surface area contributed by atoms with Crippen LogP contribution in [0.2, 0.25) is 5.02 Å². The highest BCUT2D eigenvalue weighted by atomic mass is 79.9. The van der Waals surface area contributed by atoms with E-state index < -0.39 is 5.97 Å². The van der Waals surface area contributed by atoms with Gasteiger partial charge in [-0.1, -0.05) is 11.6 Å². The van der Waals surface area contributed by atoms with Crippen LogP contribution in [0.5, 0.6) is 0 Å². The zero-order valence-corrected chi connectivity index (χ0v) is 9.53. The number of halogens is 2. The first-order valence-corrected chi connectivity index (χ1v) is 4.80. The van der Waals surface area contributed by atoms with Gasteiger partial charge in [-0.3, -0.25) is 0 Å². The van der Waals surface area contributed by atoms with Crippen molar-refractivity contribution in [2.45, 2.75) is 13.8 Å². The Morgan fingerprint density at radius 2 is 2.00 bits per heavy atom. The van der Waals surface area contributed by atoms with Gasteiger partial charge >= 0.3 is 5.97 Å². The van der Waals surface area contributed by atoms with Crippen molar-refractivity contribution in [2.24, 2.45) is 0 Å². The molecule has 70 valence electrons. The molecule has 1 aromatic carbocycles. The summed E-state index contributed by atoms with van der Waals surface area (Å²) >= 11 is 9.08.